The zero-order chi connectivity index (χ0) is 15.4. The van der Waals surface area contributed by atoms with Crippen molar-refractivity contribution in [1.82, 2.24) is 15.0 Å². The summed E-state index contributed by atoms with van der Waals surface area (Å²) in [4.78, 5) is 21.9. The molecule has 110 valence electrons. The van der Waals surface area contributed by atoms with Crippen LogP contribution in [0, 0.1) is 10.1 Å². The summed E-state index contributed by atoms with van der Waals surface area (Å²) < 4.78 is 1.69. The minimum Gasteiger partial charge on any atom is -0.374 e. The summed E-state index contributed by atoms with van der Waals surface area (Å²) in [5.74, 6) is -0.145. The summed E-state index contributed by atoms with van der Waals surface area (Å²) in [7, 11) is 0. The summed E-state index contributed by atoms with van der Waals surface area (Å²) in [6.45, 7) is 4.34. The van der Waals surface area contributed by atoms with Gasteiger partial charge < -0.3 is 5.32 Å². The first-order valence-corrected chi connectivity index (χ1v) is 6.43. The van der Waals surface area contributed by atoms with Gasteiger partial charge in [0.15, 0.2) is 5.78 Å². The number of nitro groups is 1. The molecular weight excluding hydrogens is 274 g/mol. The second-order valence-corrected chi connectivity index (χ2v) is 4.44. The minimum atomic E-state index is -0.485. The van der Waals surface area contributed by atoms with Crippen molar-refractivity contribution in [2.45, 2.75) is 26.9 Å². The van der Waals surface area contributed by atoms with Crippen molar-refractivity contribution in [3.05, 3.63) is 45.8 Å². The molecule has 1 N–H and O–H groups in total. The number of nitro benzene ring substituents is 1. The lowest BCUT2D eigenvalue weighted by Crippen LogP contribution is -2.09. The zero-order valence-electron chi connectivity index (χ0n) is 11.7. The van der Waals surface area contributed by atoms with Crippen LogP contribution >= 0.6 is 0 Å². The number of hydrogen-bond acceptors (Lipinski definition) is 6. The van der Waals surface area contributed by atoms with E-state index in [0.29, 0.717) is 24.3 Å². The normalized spacial score (nSPS) is 10.4. The molecule has 0 amide bonds. The van der Waals surface area contributed by atoms with Crippen LogP contribution in [0.4, 0.5) is 11.4 Å². The fourth-order valence-corrected chi connectivity index (χ4v) is 1.92. The topological polar surface area (TPSA) is 103 Å². The van der Waals surface area contributed by atoms with Gasteiger partial charge in [0, 0.05) is 18.2 Å². The SMILES string of the molecule is CCn1nncc1CNc1cc(C(C)=O)ccc1[N+](=O)[O-]. The number of nitrogens with one attached hydrogen (secondary N) is 1. The first-order valence-electron chi connectivity index (χ1n) is 6.43. The van der Waals surface area contributed by atoms with E-state index in [-0.39, 0.29) is 11.5 Å². The van der Waals surface area contributed by atoms with Crippen LogP contribution in [0.15, 0.2) is 24.4 Å². The van der Waals surface area contributed by atoms with Gasteiger partial charge in [-0.1, -0.05) is 5.21 Å². The summed E-state index contributed by atoms with van der Waals surface area (Å²) in [5, 5.41) is 21.7. The second-order valence-electron chi connectivity index (χ2n) is 4.44. The van der Waals surface area contributed by atoms with Crippen molar-refractivity contribution >= 4 is 17.2 Å². The van der Waals surface area contributed by atoms with Gasteiger partial charge in [-0.25, -0.2) is 4.68 Å². The first kappa shape index (κ1) is 14.6. The summed E-state index contributed by atoms with van der Waals surface area (Å²) in [6.07, 6.45) is 1.59. The predicted molar refractivity (Wildman–Crippen MR) is 76.1 cm³/mol. The van der Waals surface area contributed by atoms with Crippen molar-refractivity contribution in [3.8, 4) is 0 Å². The van der Waals surface area contributed by atoms with Crippen LogP contribution < -0.4 is 5.32 Å². The molecule has 8 heteroatoms. The van der Waals surface area contributed by atoms with E-state index in [4.69, 9.17) is 0 Å². The fraction of sp³-hybridized carbons (Fsp3) is 0.308. The zero-order valence-corrected chi connectivity index (χ0v) is 11.7. The van der Waals surface area contributed by atoms with E-state index < -0.39 is 4.92 Å². The van der Waals surface area contributed by atoms with E-state index in [1.165, 1.54) is 25.1 Å². The van der Waals surface area contributed by atoms with Crippen LogP contribution in [0.25, 0.3) is 0 Å². The Morgan fingerprint density at radius 2 is 2.24 bits per heavy atom. The largest absolute Gasteiger partial charge is 0.374 e. The number of carbonyl (C=O) groups excluding carboxylic acids is 1. The van der Waals surface area contributed by atoms with Crippen LogP contribution in [0.3, 0.4) is 0 Å². The average Bonchev–Trinajstić information content (AvgIpc) is 2.91. The molecule has 1 heterocycles. The molecule has 0 spiro atoms. The van der Waals surface area contributed by atoms with Gasteiger partial charge in [-0.05, 0) is 26.0 Å². The molecule has 0 radical (unpaired) electrons. The highest BCUT2D eigenvalue weighted by atomic mass is 16.6. The standard InChI is InChI=1S/C13H15N5O3/c1-3-17-11(8-15-16-17)7-14-12-6-10(9(2)19)4-5-13(12)18(20)21/h4-6,8,14H,3,7H2,1-2H3. The molecule has 1 aromatic heterocycles. The van der Waals surface area contributed by atoms with E-state index in [1.54, 1.807) is 10.9 Å². The molecular formula is C13H15N5O3. The lowest BCUT2D eigenvalue weighted by atomic mass is 10.1. The Morgan fingerprint density at radius 3 is 2.86 bits per heavy atom. The lowest BCUT2D eigenvalue weighted by Gasteiger charge is -2.09. The van der Waals surface area contributed by atoms with Crippen molar-refractivity contribution in [1.29, 1.82) is 0 Å². The molecule has 21 heavy (non-hydrogen) atoms. The van der Waals surface area contributed by atoms with Gasteiger partial charge in [-0.3, -0.25) is 14.9 Å². The van der Waals surface area contributed by atoms with E-state index >= 15 is 0 Å². The van der Waals surface area contributed by atoms with Crippen LogP contribution in [0.1, 0.15) is 29.9 Å². The van der Waals surface area contributed by atoms with E-state index in [0.717, 1.165) is 5.69 Å². The number of hydrogen-bond donors (Lipinski definition) is 1. The fourth-order valence-electron chi connectivity index (χ4n) is 1.92. The van der Waals surface area contributed by atoms with Gasteiger partial charge in [0.1, 0.15) is 5.69 Å². The molecule has 0 unspecified atom stereocenters. The number of carbonyl (C=O) groups is 1. The molecule has 0 fully saturated rings. The average molecular weight is 289 g/mol. The van der Waals surface area contributed by atoms with Crippen molar-refractivity contribution in [2.75, 3.05) is 5.32 Å². The van der Waals surface area contributed by atoms with Crippen LogP contribution in [0.5, 0.6) is 0 Å². The number of aromatic nitrogens is 3. The Balaban J connectivity index is 2.27. The van der Waals surface area contributed by atoms with Crippen molar-refractivity contribution in [2.24, 2.45) is 0 Å². The quantitative estimate of drug-likeness (QED) is 0.495. The molecule has 0 aliphatic rings. The molecule has 1 aromatic carbocycles. The number of rotatable bonds is 6. The summed E-state index contributed by atoms with van der Waals surface area (Å²) in [6, 6.07) is 4.26. The van der Waals surface area contributed by atoms with Gasteiger partial charge >= 0.3 is 0 Å². The summed E-state index contributed by atoms with van der Waals surface area (Å²) in [5.41, 5.74) is 1.46. The molecule has 2 aromatic rings. The van der Waals surface area contributed by atoms with Crippen LogP contribution in [-0.2, 0) is 13.1 Å². The van der Waals surface area contributed by atoms with Gasteiger partial charge in [0.05, 0.1) is 23.4 Å². The van der Waals surface area contributed by atoms with E-state index in [9.17, 15) is 14.9 Å². The molecule has 0 bridgehead atoms. The van der Waals surface area contributed by atoms with Gasteiger partial charge in [0.2, 0.25) is 0 Å². The molecule has 0 saturated heterocycles. The molecule has 0 atom stereocenters. The second kappa shape index (κ2) is 6.12. The summed E-state index contributed by atoms with van der Waals surface area (Å²) >= 11 is 0. The van der Waals surface area contributed by atoms with Gasteiger partial charge in [0.25, 0.3) is 5.69 Å². The Labute approximate surface area is 120 Å². The van der Waals surface area contributed by atoms with Crippen LogP contribution in [-0.4, -0.2) is 25.7 Å². The maximum Gasteiger partial charge on any atom is 0.292 e. The van der Waals surface area contributed by atoms with Gasteiger partial charge in [-0.2, -0.15) is 0 Å². The third kappa shape index (κ3) is 3.22. The Kier molecular flexibility index (Phi) is 4.27. The van der Waals surface area contributed by atoms with Crippen molar-refractivity contribution in [3.63, 3.8) is 0 Å². The molecule has 0 saturated carbocycles. The number of benzene rings is 1. The number of aryl methyl sites for hydroxylation is 1. The van der Waals surface area contributed by atoms with E-state index in [1.807, 2.05) is 6.92 Å². The third-order valence-corrected chi connectivity index (χ3v) is 3.06. The smallest absolute Gasteiger partial charge is 0.292 e. The first-order chi connectivity index (χ1) is 10.0. The predicted octanol–water partition coefficient (Wildman–Crippen LogP) is 2.02. The van der Waals surface area contributed by atoms with Crippen molar-refractivity contribution < 1.29 is 9.72 Å². The maximum atomic E-state index is 11.4. The highest BCUT2D eigenvalue weighted by Gasteiger charge is 2.16. The Hall–Kier alpha value is -2.77. The maximum absolute atomic E-state index is 11.4. The van der Waals surface area contributed by atoms with Crippen LogP contribution in [0.2, 0.25) is 0 Å². The Bertz CT molecular complexity index is 680. The number of nitrogens with zero attached hydrogens (tertiary/aromatic N) is 4. The number of Topliss-reactive ketones (excluding diaryl/α,β-unsaturated/α-hetero) is 1. The van der Waals surface area contributed by atoms with Gasteiger partial charge in [-0.15, -0.1) is 5.10 Å². The number of ketones is 1. The molecule has 8 nitrogen and oxygen atoms in total. The highest BCUT2D eigenvalue weighted by Crippen LogP contribution is 2.26. The highest BCUT2D eigenvalue weighted by molar-refractivity contribution is 5.95. The Morgan fingerprint density at radius 1 is 1.48 bits per heavy atom. The number of anilines is 1. The van der Waals surface area contributed by atoms with E-state index in [2.05, 4.69) is 15.6 Å². The molecule has 0 aliphatic heterocycles. The molecule has 2 rings (SSSR count). The molecule has 0 aliphatic carbocycles. The third-order valence-electron chi connectivity index (χ3n) is 3.06. The minimum absolute atomic E-state index is 0.0736. The monoisotopic (exact) mass is 289 g/mol. The lowest BCUT2D eigenvalue weighted by molar-refractivity contribution is -0.384.